The minimum absolute atomic E-state index is 0. The van der Waals surface area contributed by atoms with E-state index in [9.17, 15) is 4.79 Å². The lowest BCUT2D eigenvalue weighted by Crippen LogP contribution is -2.33. The Morgan fingerprint density at radius 3 is 2.33 bits per heavy atom. The van der Waals surface area contributed by atoms with Gasteiger partial charge in [0, 0.05) is 19.5 Å². The molecule has 156 valence electrons. The number of hydrogen-bond acceptors (Lipinski definition) is 3. The molecule has 0 aromatic heterocycles. The van der Waals surface area contributed by atoms with Gasteiger partial charge < -0.3 is 10.6 Å². The second-order valence-corrected chi connectivity index (χ2v) is 7.28. The molecular formula is C21H37Cl2N3O. The Morgan fingerprint density at radius 2 is 1.74 bits per heavy atom. The third kappa shape index (κ3) is 8.82. The molecule has 1 aliphatic heterocycles. The summed E-state index contributed by atoms with van der Waals surface area (Å²) in [4.78, 5) is 14.8. The summed E-state index contributed by atoms with van der Waals surface area (Å²) in [5.74, 6) is 1.33. The van der Waals surface area contributed by atoms with Gasteiger partial charge in [-0.2, -0.15) is 0 Å². The first kappa shape index (κ1) is 26.2. The summed E-state index contributed by atoms with van der Waals surface area (Å²) in [5, 5.41) is 6.54. The van der Waals surface area contributed by atoms with E-state index in [2.05, 4.69) is 60.6 Å². The Balaban J connectivity index is 0.00000338. The van der Waals surface area contributed by atoms with Crippen LogP contribution in [-0.2, 0) is 17.9 Å². The van der Waals surface area contributed by atoms with Crippen molar-refractivity contribution in [1.82, 2.24) is 15.5 Å². The van der Waals surface area contributed by atoms with Crippen molar-refractivity contribution in [1.29, 1.82) is 0 Å². The van der Waals surface area contributed by atoms with Crippen molar-refractivity contribution in [3.05, 3.63) is 35.4 Å². The van der Waals surface area contributed by atoms with E-state index in [-0.39, 0.29) is 30.7 Å². The van der Waals surface area contributed by atoms with Crippen LogP contribution in [0.4, 0.5) is 0 Å². The monoisotopic (exact) mass is 417 g/mol. The molecule has 1 atom stereocenters. The van der Waals surface area contributed by atoms with Gasteiger partial charge in [-0.25, -0.2) is 0 Å². The predicted octanol–water partition coefficient (Wildman–Crippen LogP) is 4.01. The maximum Gasteiger partial charge on any atom is 0.220 e. The van der Waals surface area contributed by atoms with E-state index in [1.54, 1.807) is 0 Å². The van der Waals surface area contributed by atoms with E-state index < -0.39 is 0 Å². The largest absolute Gasteiger partial charge is 0.352 e. The molecule has 2 rings (SSSR count). The maximum atomic E-state index is 12.4. The summed E-state index contributed by atoms with van der Waals surface area (Å²) >= 11 is 0. The molecule has 1 fully saturated rings. The van der Waals surface area contributed by atoms with E-state index in [1.165, 1.54) is 24.0 Å². The van der Waals surface area contributed by atoms with Gasteiger partial charge in [0.15, 0.2) is 0 Å². The van der Waals surface area contributed by atoms with Crippen molar-refractivity contribution < 1.29 is 4.79 Å². The van der Waals surface area contributed by atoms with Crippen molar-refractivity contribution in [3.8, 4) is 0 Å². The molecule has 0 saturated carbocycles. The summed E-state index contributed by atoms with van der Waals surface area (Å²) in [6, 6.07) is 8.46. The topological polar surface area (TPSA) is 44.4 Å². The molecule has 0 bridgehead atoms. The number of rotatable bonds is 9. The summed E-state index contributed by atoms with van der Waals surface area (Å²) in [5.41, 5.74) is 2.55. The van der Waals surface area contributed by atoms with Gasteiger partial charge >= 0.3 is 0 Å². The van der Waals surface area contributed by atoms with Crippen LogP contribution in [0.2, 0.25) is 0 Å². The second kappa shape index (κ2) is 14.2. The SMILES string of the molecule is CCN(CC)Cc1ccccc1CNC(=O)CC(C)C1CCNCC1.Cl.Cl. The minimum Gasteiger partial charge on any atom is -0.352 e. The molecule has 27 heavy (non-hydrogen) atoms. The van der Waals surface area contributed by atoms with Crippen LogP contribution in [0.5, 0.6) is 0 Å². The van der Waals surface area contributed by atoms with Gasteiger partial charge in [0.2, 0.25) is 5.91 Å². The Hall–Kier alpha value is -0.810. The normalized spacial score (nSPS) is 15.6. The lowest BCUT2D eigenvalue weighted by atomic mass is 9.84. The molecule has 1 aromatic carbocycles. The Morgan fingerprint density at radius 1 is 1.15 bits per heavy atom. The lowest BCUT2D eigenvalue weighted by Gasteiger charge is -2.28. The standard InChI is InChI=1S/C21H35N3O.2ClH/c1-4-24(5-2)16-20-9-7-6-8-19(20)15-23-21(25)14-17(3)18-10-12-22-13-11-18;;/h6-9,17-18,22H,4-5,10-16H2,1-3H3,(H,23,25);2*1H. The number of piperidine rings is 1. The smallest absolute Gasteiger partial charge is 0.220 e. The Bertz CT molecular complexity index is 532. The Labute approximate surface area is 177 Å². The fourth-order valence-corrected chi connectivity index (χ4v) is 3.71. The highest BCUT2D eigenvalue weighted by Crippen LogP contribution is 2.24. The van der Waals surface area contributed by atoms with Gasteiger partial charge in [0.05, 0.1) is 0 Å². The minimum atomic E-state index is 0. The molecule has 0 radical (unpaired) electrons. The van der Waals surface area contributed by atoms with E-state index in [0.717, 1.165) is 32.7 Å². The predicted molar refractivity (Wildman–Crippen MR) is 119 cm³/mol. The quantitative estimate of drug-likeness (QED) is 0.637. The molecule has 1 aromatic rings. The average Bonchev–Trinajstić information content (AvgIpc) is 2.65. The lowest BCUT2D eigenvalue weighted by molar-refractivity contribution is -0.122. The van der Waals surface area contributed by atoms with Crippen molar-refractivity contribution in [3.63, 3.8) is 0 Å². The molecule has 0 aliphatic carbocycles. The van der Waals surface area contributed by atoms with E-state index in [4.69, 9.17) is 0 Å². The zero-order valence-corrected chi connectivity index (χ0v) is 18.6. The van der Waals surface area contributed by atoms with Crippen LogP contribution in [0.15, 0.2) is 24.3 Å². The van der Waals surface area contributed by atoms with Crippen LogP contribution in [0.3, 0.4) is 0 Å². The van der Waals surface area contributed by atoms with Crippen molar-refractivity contribution in [2.75, 3.05) is 26.2 Å². The zero-order chi connectivity index (χ0) is 18.1. The summed E-state index contributed by atoms with van der Waals surface area (Å²) < 4.78 is 0. The molecule has 4 nitrogen and oxygen atoms in total. The van der Waals surface area contributed by atoms with Gasteiger partial charge in [0.25, 0.3) is 0 Å². The number of carbonyl (C=O) groups excluding carboxylic acids is 1. The molecule has 1 heterocycles. The number of nitrogens with one attached hydrogen (secondary N) is 2. The van der Waals surface area contributed by atoms with Crippen molar-refractivity contribution >= 4 is 30.7 Å². The van der Waals surface area contributed by atoms with Crippen molar-refractivity contribution in [2.45, 2.75) is 53.1 Å². The maximum absolute atomic E-state index is 12.4. The number of benzene rings is 1. The first-order valence-corrected chi connectivity index (χ1v) is 9.90. The van der Waals surface area contributed by atoms with Crippen LogP contribution in [0.25, 0.3) is 0 Å². The summed E-state index contributed by atoms with van der Waals surface area (Å²) in [6.45, 7) is 12.5. The van der Waals surface area contributed by atoms with E-state index in [1.807, 2.05) is 0 Å². The van der Waals surface area contributed by atoms with Crippen molar-refractivity contribution in [2.24, 2.45) is 11.8 Å². The third-order valence-corrected chi connectivity index (χ3v) is 5.58. The molecule has 6 heteroatoms. The number of nitrogens with zero attached hydrogens (tertiary/aromatic N) is 1. The van der Waals surface area contributed by atoms with Crippen LogP contribution in [-0.4, -0.2) is 37.0 Å². The average molecular weight is 418 g/mol. The number of halogens is 2. The fraction of sp³-hybridized carbons (Fsp3) is 0.667. The highest BCUT2D eigenvalue weighted by molar-refractivity contribution is 5.85. The Kier molecular flexibility index (Phi) is 13.8. The van der Waals surface area contributed by atoms with Gasteiger partial charge in [-0.05, 0) is 62.0 Å². The second-order valence-electron chi connectivity index (χ2n) is 7.28. The van der Waals surface area contributed by atoms with Crippen LogP contribution in [0, 0.1) is 11.8 Å². The summed E-state index contributed by atoms with van der Waals surface area (Å²) in [7, 11) is 0. The molecule has 0 spiro atoms. The van der Waals surface area contributed by atoms with Crippen LogP contribution < -0.4 is 10.6 Å². The van der Waals surface area contributed by atoms with E-state index >= 15 is 0 Å². The van der Waals surface area contributed by atoms with Gasteiger partial charge in [-0.1, -0.05) is 45.0 Å². The first-order chi connectivity index (χ1) is 12.1. The number of carbonyl (C=O) groups is 1. The fourth-order valence-electron chi connectivity index (χ4n) is 3.71. The van der Waals surface area contributed by atoms with Gasteiger partial charge in [0.1, 0.15) is 0 Å². The number of amides is 1. The molecule has 1 unspecified atom stereocenters. The highest BCUT2D eigenvalue weighted by Gasteiger charge is 2.22. The third-order valence-electron chi connectivity index (χ3n) is 5.58. The molecule has 1 saturated heterocycles. The van der Waals surface area contributed by atoms with E-state index in [0.29, 0.717) is 24.8 Å². The summed E-state index contributed by atoms with van der Waals surface area (Å²) in [6.07, 6.45) is 3.03. The zero-order valence-electron chi connectivity index (χ0n) is 17.0. The number of hydrogen-bond donors (Lipinski definition) is 2. The first-order valence-electron chi connectivity index (χ1n) is 9.90. The van der Waals surface area contributed by atoms with Gasteiger partial charge in [-0.3, -0.25) is 9.69 Å². The van der Waals surface area contributed by atoms with Crippen LogP contribution >= 0.6 is 24.8 Å². The molecule has 2 N–H and O–H groups in total. The molecular weight excluding hydrogens is 381 g/mol. The molecule has 1 amide bonds. The highest BCUT2D eigenvalue weighted by atomic mass is 35.5. The molecule has 1 aliphatic rings. The van der Waals surface area contributed by atoms with Gasteiger partial charge in [-0.15, -0.1) is 24.8 Å². The van der Waals surface area contributed by atoms with Crippen LogP contribution in [0.1, 0.15) is 51.2 Å².